The molecule has 2 aliphatic rings. The highest BCUT2D eigenvalue weighted by Gasteiger charge is 2.38. The maximum absolute atomic E-state index is 6.76. The molecule has 4 rings (SSSR count). The van der Waals surface area contributed by atoms with Crippen molar-refractivity contribution < 1.29 is 9.57 Å². The Kier molecular flexibility index (Phi) is 7.29. The summed E-state index contributed by atoms with van der Waals surface area (Å²) >= 11 is 6.76. The van der Waals surface area contributed by atoms with Gasteiger partial charge < -0.3 is 4.74 Å². The average molecular weight is 429 g/mol. The molecule has 4 nitrogen and oxygen atoms in total. The maximum atomic E-state index is 6.76. The summed E-state index contributed by atoms with van der Waals surface area (Å²) in [6.45, 7) is 0.924. The molecule has 0 amide bonds. The standard InChI is InChI=1S/C25H33ClN2O2/c1-29-19-22-24(26)23(12-17-27-22)28(30-18-20-8-4-2-5-9-20)21-10-15-25(16-11-21)13-6-3-7-14-25/h2,4-5,8-9,12,17,21H,3,6-7,10-11,13-16,18-19H2,1H3. The molecule has 1 spiro atoms. The third-order valence-electron chi connectivity index (χ3n) is 6.93. The van der Waals surface area contributed by atoms with Crippen molar-refractivity contribution in [2.45, 2.75) is 77.0 Å². The Morgan fingerprint density at radius 1 is 1.00 bits per heavy atom. The van der Waals surface area contributed by atoms with Crippen LogP contribution < -0.4 is 5.06 Å². The largest absolute Gasteiger partial charge is 0.378 e. The molecule has 5 heteroatoms. The molecular formula is C25H33ClN2O2. The number of benzene rings is 1. The zero-order chi connectivity index (χ0) is 20.8. The maximum Gasteiger partial charge on any atom is 0.0999 e. The summed E-state index contributed by atoms with van der Waals surface area (Å²) in [7, 11) is 1.67. The first-order valence-electron chi connectivity index (χ1n) is 11.3. The molecule has 0 atom stereocenters. The van der Waals surface area contributed by atoms with Crippen molar-refractivity contribution in [3.63, 3.8) is 0 Å². The first-order chi connectivity index (χ1) is 14.7. The van der Waals surface area contributed by atoms with Crippen molar-refractivity contribution >= 4 is 17.3 Å². The van der Waals surface area contributed by atoms with E-state index in [2.05, 4.69) is 22.2 Å². The molecule has 0 unspecified atom stereocenters. The van der Waals surface area contributed by atoms with Crippen molar-refractivity contribution in [3.8, 4) is 0 Å². The van der Waals surface area contributed by atoms with Crippen LogP contribution in [0.2, 0.25) is 5.02 Å². The highest BCUT2D eigenvalue weighted by atomic mass is 35.5. The Morgan fingerprint density at radius 3 is 2.43 bits per heavy atom. The van der Waals surface area contributed by atoms with Gasteiger partial charge in [-0.2, -0.15) is 0 Å². The Bertz CT molecular complexity index is 798. The summed E-state index contributed by atoms with van der Waals surface area (Å²) in [5, 5.41) is 2.71. The van der Waals surface area contributed by atoms with Crippen molar-refractivity contribution in [2.24, 2.45) is 5.41 Å². The van der Waals surface area contributed by atoms with E-state index in [0.717, 1.165) is 29.8 Å². The molecule has 2 aliphatic carbocycles. The van der Waals surface area contributed by atoms with Crippen molar-refractivity contribution in [3.05, 3.63) is 58.9 Å². The van der Waals surface area contributed by atoms with Gasteiger partial charge in [0.05, 0.1) is 35.7 Å². The van der Waals surface area contributed by atoms with Crippen LogP contribution in [0, 0.1) is 5.41 Å². The third-order valence-corrected chi connectivity index (χ3v) is 7.35. The Balaban J connectivity index is 1.54. The minimum atomic E-state index is 0.330. The smallest absolute Gasteiger partial charge is 0.0999 e. The summed E-state index contributed by atoms with van der Waals surface area (Å²) in [4.78, 5) is 10.8. The summed E-state index contributed by atoms with van der Waals surface area (Å²) in [6, 6.07) is 12.6. The molecule has 1 heterocycles. The van der Waals surface area contributed by atoms with Gasteiger partial charge >= 0.3 is 0 Å². The number of nitrogens with zero attached hydrogens (tertiary/aromatic N) is 2. The van der Waals surface area contributed by atoms with Crippen molar-refractivity contribution in [1.82, 2.24) is 4.98 Å². The number of anilines is 1. The molecule has 1 aromatic heterocycles. The van der Waals surface area contributed by atoms with E-state index in [1.807, 2.05) is 24.3 Å². The Morgan fingerprint density at radius 2 is 1.73 bits per heavy atom. The van der Waals surface area contributed by atoms with Gasteiger partial charge in [-0.3, -0.25) is 9.82 Å². The molecule has 1 aromatic carbocycles. The predicted molar refractivity (Wildman–Crippen MR) is 121 cm³/mol. The van der Waals surface area contributed by atoms with Gasteiger partial charge in [0.25, 0.3) is 0 Å². The second kappa shape index (κ2) is 10.1. The first-order valence-corrected chi connectivity index (χ1v) is 11.7. The van der Waals surface area contributed by atoms with E-state index >= 15 is 0 Å². The van der Waals surface area contributed by atoms with Crippen LogP contribution in [0.15, 0.2) is 42.6 Å². The first kappa shape index (κ1) is 21.6. The molecule has 0 saturated heterocycles. The molecule has 2 aromatic rings. The van der Waals surface area contributed by atoms with Gasteiger partial charge in [-0.05, 0) is 55.6 Å². The van der Waals surface area contributed by atoms with E-state index in [4.69, 9.17) is 21.2 Å². The Labute approximate surface area is 185 Å². The van der Waals surface area contributed by atoms with Crippen LogP contribution in [0.5, 0.6) is 0 Å². The predicted octanol–water partition coefficient (Wildman–Crippen LogP) is 6.71. The summed E-state index contributed by atoms with van der Waals surface area (Å²) in [5.41, 5.74) is 3.39. The van der Waals surface area contributed by atoms with Crippen LogP contribution in [0.25, 0.3) is 0 Å². The van der Waals surface area contributed by atoms with E-state index in [0.29, 0.717) is 29.7 Å². The SMILES string of the molecule is COCc1nccc(N(OCc2ccccc2)C2CCC3(CCCCC3)CC2)c1Cl. The normalized spacial score (nSPS) is 19.1. The number of hydrogen-bond donors (Lipinski definition) is 0. The van der Waals surface area contributed by atoms with Gasteiger partial charge in [-0.25, -0.2) is 5.06 Å². The lowest BCUT2D eigenvalue weighted by Crippen LogP contribution is -2.42. The lowest BCUT2D eigenvalue weighted by molar-refractivity contribution is 0.0368. The van der Waals surface area contributed by atoms with Crippen molar-refractivity contribution in [2.75, 3.05) is 12.2 Å². The molecule has 2 fully saturated rings. The number of halogens is 1. The van der Waals surface area contributed by atoms with Crippen LogP contribution in [0.3, 0.4) is 0 Å². The molecule has 30 heavy (non-hydrogen) atoms. The second-order valence-corrected chi connectivity index (χ2v) is 9.28. The van der Waals surface area contributed by atoms with Crippen molar-refractivity contribution in [1.29, 1.82) is 0 Å². The van der Waals surface area contributed by atoms with Gasteiger partial charge in [0.1, 0.15) is 0 Å². The molecule has 162 valence electrons. The molecule has 2 saturated carbocycles. The van der Waals surface area contributed by atoms with Crippen LogP contribution in [-0.4, -0.2) is 18.1 Å². The van der Waals surface area contributed by atoms with Gasteiger partial charge in [0.15, 0.2) is 0 Å². The van der Waals surface area contributed by atoms with Gasteiger partial charge in [0, 0.05) is 13.3 Å². The van der Waals surface area contributed by atoms with Gasteiger partial charge in [-0.1, -0.05) is 61.2 Å². The minimum Gasteiger partial charge on any atom is -0.378 e. The van der Waals surface area contributed by atoms with E-state index in [9.17, 15) is 0 Å². The number of methoxy groups -OCH3 is 1. The lowest BCUT2D eigenvalue weighted by Gasteiger charge is -2.45. The molecule has 0 bridgehead atoms. The summed E-state index contributed by atoms with van der Waals surface area (Å²) in [6.07, 6.45) is 13.7. The van der Waals surface area contributed by atoms with Crippen LogP contribution in [0.4, 0.5) is 5.69 Å². The van der Waals surface area contributed by atoms with Crippen LogP contribution in [0.1, 0.15) is 69.0 Å². The third kappa shape index (κ3) is 4.99. The van der Waals surface area contributed by atoms with E-state index in [1.165, 1.54) is 44.9 Å². The van der Waals surface area contributed by atoms with Crippen LogP contribution in [-0.2, 0) is 22.8 Å². The fourth-order valence-electron chi connectivity index (χ4n) is 5.22. The summed E-state index contributed by atoms with van der Waals surface area (Å²) < 4.78 is 5.29. The topological polar surface area (TPSA) is 34.6 Å². The Hall–Kier alpha value is -1.62. The number of pyridine rings is 1. The number of rotatable bonds is 7. The quantitative estimate of drug-likeness (QED) is 0.459. The fraction of sp³-hybridized carbons (Fsp3) is 0.560. The fourth-order valence-corrected chi connectivity index (χ4v) is 5.47. The van der Waals surface area contributed by atoms with E-state index in [1.54, 1.807) is 13.3 Å². The van der Waals surface area contributed by atoms with E-state index < -0.39 is 0 Å². The highest BCUT2D eigenvalue weighted by molar-refractivity contribution is 6.33. The highest BCUT2D eigenvalue weighted by Crippen LogP contribution is 2.49. The number of hydrogen-bond acceptors (Lipinski definition) is 4. The number of aromatic nitrogens is 1. The van der Waals surface area contributed by atoms with E-state index in [-0.39, 0.29) is 0 Å². The molecule has 0 aliphatic heterocycles. The minimum absolute atomic E-state index is 0.330. The molecule has 0 radical (unpaired) electrons. The van der Waals surface area contributed by atoms with Gasteiger partial charge in [0.2, 0.25) is 0 Å². The lowest BCUT2D eigenvalue weighted by atomic mass is 9.64. The zero-order valence-electron chi connectivity index (χ0n) is 18.0. The molecular weight excluding hydrogens is 396 g/mol. The zero-order valence-corrected chi connectivity index (χ0v) is 18.7. The molecule has 0 N–H and O–H groups in total. The van der Waals surface area contributed by atoms with Crippen LogP contribution >= 0.6 is 11.6 Å². The van der Waals surface area contributed by atoms with Gasteiger partial charge in [-0.15, -0.1) is 0 Å². The summed E-state index contributed by atoms with van der Waals surface area (Å²) in [5.74, 6) is 0. The number of ether oxygens (including phenoxy) is 1. The number of hydroxylamine groups is 1. The second-order valence-electron chi connectivity index (χ2n) is 8.90. The monoisotopic (exact) mass is 428 g/mol. The average Bonchev–Trinajstić information content (AvgIpc) is 2.79.